The van der Waals surface area contributed by atoms with E-state index in [0.29, 0.717) is 19.5 Å². The van der Waals surface area contributed by atoms with Gasteiger partial charge < -0.3 is 15.5 Å². The molecule has 0 bridgehead atoms. The van der Waals surface area contributed by atoms with Crippen LogP contribution in [0.5, 0.6) is 0 Å². The van der Waals surface area contributed by atoms with Crippen molar-refractivity contribution in [2.24, 2.45) is 5.92 Å². The van der Waals surface area contributed by atoms with Crippen LogP contribution in [0.4, 0.5) is 5.69 Å². The van der Waals surface area contributed by atoms with Crippen molar-refractivity contribution in [3.05, 3.63) is 29.8 Å². The molecular weight excluding hydrogens is 314 g/mol. The summed E-state index contributed by atoms with van der Waals surface area (Å²) < 4.78 is 0. The molecule has 1 heterocycles. The van der Waals surface area contributed by atoms with Gasteiger partial charge >= 0.3 is 0 Å². The molecule has 1 atom stereocenters. The zero-order valence-electron chi connectivity index (χ0n) is 13.8. The third-order valence-corrected chi connectivity index (χ3v) is 4.05. The van der Waals surface area contributed by atoms with Crippen molar-refractivity contribution >= 4 is 29.9 Å². The van der Waals surface area contributed by atoms with Crippen molar-refractivity contribution in [1.82, 2.24) is 10.6 Å². The van der Waals surface area contributed by atoms with Crippen LogP contribution in [0, 0.1) is 5.92 Å². The Balaban J connectivity index is 0.00000264. The maximum absolute atomic E-state index is 12.2. The third kappa shape index (κ3) is 5.22. The second kappa shape index (κ2) is 9.53. The first-order valence-corrected chi connectivity index (χ1v) is 7.97. The van der Waals surface area contributed by atoms with Gasteiger partial charge in [0.25, 0.3) is 0 Å². The molecule has 1 aromatic carbocycles. The Labute approximate surface area is 144 Å². The van der Waals surface area contributed by atoms with Gasteiger partial charge in [-0.2, -0.15) is 0 Å². The number of hydrogen-bond acceptors (Lipinski definition) is 3. The lowest BCUT2D eigenvalue weighted by molar-refractivity contribution is -0.126. The quantitative estimate of drug-likeness (QED) is 0.744. The van der Waals surface area contributed by atoms with E-state index in [0.717, 1.165) is 25.1 Å². The zero-order chi connectivity index (χ0) is 15.9. The molecule has 5 nitrogen and oxygen atoms in total. The number of benzene rings is 1. The van der Waals surface area contributed by atoms with Gasteiger partial charge in [-0.05, 0) is 44.1 Å². The van der Waals surface area contributed by atoms with E-state index in [1.54, 1.807) is 4.90 Å². The normalized spacial score (nSPS) is 17.0. The van der Waals surface area contributed by atoms with Crippen molar-refractivity contribution in [3.8, 4) is 0 Å². The van der Waals surface area contributed by atoms with E-state index >= 15 is 0 Å². The van der Waals surface area contributed by atoms with E-state index in [9.17, 15) is 9.59 Å². The highest BCUT2D eigenvalue weighted by atomic mass is 35.5. The van der Waals surface area contributed by atoms with E-state index in [-0.39, 0.29) is 30.1 Å². The van der Waals surface area contributed by atoms with Gasteiger partial charge in [0.05, 0.1) is 5.92 Å². The molecule has 0 aromatic heterocycles. The summed E-state index contributed by atoms with van der Waals surface area (Å²) in [5, 5.41) is 5.95. The molecule has 0 saturated carbocycles. The second-order valence-electron chi connectivity index (χ2n) is 5.67. The van der Waals surface area contributed by atoms with Crippen molar-refractivity contribution < 1.29 is 9.59 Å². The molecule has 1 aliphatic rings. The zero-order valence-corrected chi connectivity index (χ0v) is 14.6. The molecule has 128 valence electrons. The summed E-state index contributed by atoms with van der Waals surface area (Å²) in [4.78, 5) is 26.0. The number of aryl methyl sites for hydroxylation is 1. The molecule has 1 fully saturated rings. The lowest BCUT2D eigenvalue weighted by atomic mass is 10.1. The van der Waals surface area contributed by atoms with Crippen molar-refractivity contribution in [1.29, 1.82) is 0 Å². The van der Waals surface area contributed by atoms with Gasteiger partial charge in [-0.1, -0.05) is 19.1 Å². The van der Waals surface area contributed by atoms with E-state index < -0.39 is 0 Å². The van der Waals surface area contributed by atoms with Crippen LogP contribution in [0.1, 0.15) is 25.3 Å². The number of carbonyl (C=O) groups is 2. The SMILES string of the molecule is CCc1ccc(N2CC(C(=O)NCCCNC)CC2=O)cc1.Cl. The first-order chi connectivity index (χ1) is 10.7. The summed E-state index contributed by atoms with van der Waals surface area (Å²) in [7, 11) is 1.89. The Morgan fingerprint density at radius 3 is 2.57 bits per heavy atom. The number of halogens is 1. The molecule has 2 rings (SSSR count). The van der Waals surface area contributed by atoms with Gasteiger partial charge in [0.2, 0.25) is 11.8 Å². The summed E-state index contributed by atoms with van der Waals surface area (Å²) in [6, 6.07) is 8.00. The van der Waals surface area contributed by atoms with Crippen molar-refractivity contribution in [2.75, 3.05) is 31.6 Å². The highest BCUT2D eigenvalue weighted by molar-refractivity contribution is 6.00. The number of rotatable bonds is 7. The molecule has 1 unspecified atom stereocenters. The van der Waals surface area contributed by atoms with Gasteiger partial charge in [-0.25, -0.2) is 0 Å². The molecule has 6 heteroatoms. The summed E-state index contributed by atoms with van der Waals surface area (Å²) in [6.07, 6.45) is 2.17. The van der Waals surface area contributed by atoms with Crippen molar-refractivity contribution in [3.63, 3.8) is 0 Å². The molecule has 2 amide bonds. The Hall–Kier alpha value is -1.59. The lowest BCUT2D eigenvalue weighted by Gasteiger charge is -2.17. The highest BCUT2D eigenvalue weighted by Gasteiger charge is 2.34. The molecular formula is C17H26ClN3O2. The van der Waals surface area contributed by atoms with Gasteiger partial charge in [-0.15, -0.1) is 12.4 Å². The average molecular weight is 340 g/mol. The minimum absolute atomic E-state index is 0. The first-order valence-electron chi connectivity index (χ1n) is 7.97. The fourth-order valence-electron chi connectivity index (χ4n) is 2.67. The Kier molecular flexibility index (Phi) is 8.06. The maximum atomic E-state index is 12.2. The molecule has 1 aliphatic heterocycles. The number of anilines is 1. The highest BCUT2D eigenvalue weighted by Crippen LogP contribution is 2.25. The number of amides is 2. The monoisotopic (exact) mass is 339 g/mol. The van der Waals surface area contributed by atoms with E-state index in [1.165, 1.54) is 5.56 Å². The largest absolute Gasteiger partial charge is 0.356 e. The number of hydrogen-bond donors (Lipinski definition) is 2. The van der Waals surface area contributed by atoms with Crippen LogP contribution < -0.4 is 15.5 Å². The predicted molar refractivity (Wildman–Crippen MR) is 95.1 cm³/mol. The van der Waals surface area contributed by atoms with Crippen molar-refractivity contribution in [2.45, 2.75) is 26.2 Å². The molecule has 0 aliphatic carbocycles. The summed E-state index contributed by atoms with van der Waals surface area (Å²) in [5.41, 5.74) is 2.13. The molecule has 23 heavy (non-hydrogen) atoms. The van der Waals surface area contributed by atoms with Gasteiger partial charge in [-0.3, -0.25) is 9.59 Å². The van der Waals surface area contributed by atoms with Crippen LogP contribution in [0.2, 0.25) is 0 Å². The first kappa shape index (κ1) is 19.5. The smallest absolute Gasteiger partial charge is 0.227 e. The Bertz CT molecular complexity index is 519. The number of nitrogens with one attached hydrogen (secondary N) is 2. The van der Waals surface area contributed by atoms with Crippen LogP contribution in [-0.2, 0) is 16.0 Å². The Morgan fingerprint density at radius 2 is 1.96 bits per heavy atom. The van der Waals surface area contributed by atoms with Crippen LogP contribution in [0.3, 0.4) is 0 Å². The summed E-state index contributed by atoms with van der Waals surface area (Å²) in [6.45, 7) is 4.10. The standard InChI is InChI=1S/C17H25N3O2.ClH/c1-3-13-5-7-15(8-6-13)20-12-14(11-16(20)21)17(22)19-10-4-9-18-2;/h5-8,14,18H,3-4,9-12H2,1-2H3,(H,19,22);1H. The summed E-state index contributed by atoms with van der Waals surface area (Å²) in [5.74, 6) is -0.232. The lowest BCUT2D eigenvalue weighted by Crippen LogP contribution is -2.34. The van der Waals surface area contributed by atoms with E-state index in [2.05, 4.69) is 17.6 Å². The van der Waals surface area contributed by atoms with E-state index in [4.69, 9.17) is 0 Å². The third-order valence-electron chi connectivity index (χ3n) is 4.05. The summed E-state index contributed by atoms with van der Waals surface area (Å²) >= 11 is 0. The van der Waals surface area contributed by atoms with Crippen LogP contribution in [-0.4, -0.2) is 38.5 Å². The maximum Gasteiger partial charge on any atom is 0.227 e. The van der Waals surface area contributed by atoms with E-state index in [1.807, 2.05) is 31.3 Å². The minimum atomic E-state index is -0.243. The van der Waals surface area contributed by atoms with Gasteiger partial charge in [0, 0.05) is 25.2 Å². The number of carbonyl (C=O) groups excluding carboxylic acids is 2. The fourth-order valence-corrected chi connectivity index (χ4v) is 2.67. The topological polar surface area (TPSA) is 61.4 Å². The second-order valence-corrected chi connectivity index (χ2v) is 5.67. The predicted octanol–water partition coefficient (Wildman–Crippen LogP) is 1.75. The van der Waals surface area contributed by atoms with Gasteiger partial charge in [0.15, 0.2) is 0 Å². The molecule has 1 aromatic rings. The molecule has 0 radical (unpaired) electrons. The average Bonchev–Trinajstić information content (AvgIpc) is 2.93. The van der Waals surface area contributed by atoms with Crippen LogP contribution in [0.15, 0.2) is 24.3 Å². The number of nitrogens with zero attached hydrogens (tertiary/aromatic N) is 1. The molecule has 1 saturated heterocycles. The molecule has 2 N–H and O–H groups in total. The van der Waals surface area contributed by atoms with Crippen LogP contribution >= 0.6 is 12.4 Å². The molecule has 0 spiro atoms. The Morgan fingerprint density at radius 1 is 1.26 bits per heavy atom. The van der Waals surface area contributed by atoms with Gasteiger partial charge in [0.1, 0.15) is 0 Å². The van der Waals surface area contributed by atoms with Crippen LogP contribution in [0.25, 0.3) is 0 Å². The fraction of sp³-hybridized carbons (Fsp3) is 0.529. The minimum Gasteiger partial charge on any atom is -0.356 e.